The third kappa shape index (κ3) is 6.80. The molecule has 0 bridgehead atoms. The maximum Gasteiger partial charge on any atom is 0.335 e. The normalized spacial score (nSPS) is 16.5. The summed E-state index contributed by atoms with van der Waals surface area (Å²) in [4.78, 5) is 33.7. The Labute approximate surface area is 260 Å². The number of aromatic carboxylic acids is 1. The van der Waals surface area contributed by atoms with Gasteiger partial charge in [-0.2, -0.15) is 0 Å². The second kappa shape index (κ2) is 13.1. The highest BCUT2D eigenvalue weighted by Gasteiger charge is 2.32. The number of aromatic nitrogens is 1. The van der Waals surface area contributed by atoms with Crippen LogP contribution in [-0.2, 0) is 11.2 Å². The minimum atomic E-state index is -0.963. The molecule has 43 heavy (non-hydrogen) atoms. The summed E-state index contributed by atoms with van der Waals surface area (Å²) in [6, 6.07) is 23.0. The number of rotatable bonds is 10. The van der Waals surface area contributed by atoms with Crippen LogP contribution in [0.15, 0.2) is 83.9 Å². The molecule has 0 radical (unpaired) electrons. The molecule has 3 aromatic carbocycles. The number of carboxylic acid groups (broad SMARTS) is 1. The minimum absolute atomic E-state index is 0.137. The van der Waals surface area contributed by atoms with Gasteiger partial charge in [-0.05, 0) is 97.6 Å². The van der Waals surface area contributed by atoms with Crippen LogP contribution in [0.25, 0.3) is 28.1 Å². The van der Waals surface area contributed by atoms with Crippen LogP contribution in [0, 0.1) is 0 Å². The van der Waals surface area contributed by atoms with Crippen molar-refractivity contribution in [3.05, 3.63) is 101 Å². The summed E-state index contributed by atoms with van der Waals surface area (Å²) in [6.07, 6.45) is 6.71. The number of carbonyl (C=O) groups excluding carboxylic acids is 1. The number of amides is 1. The topological polar surface area (TPSA) is 83.0 Å². The summed E-state index contributed by atoms with van der Waals surface area (Å²) in [7, 11) is 0. The molecule has 0 saturated carbocycles. The van der Waals surface area contributed by atoms with Gasteiger partial charge >= 0.3 is 5.97 Å². The number of pyridine rings is 1. The van der Waals surface area contributed by atoms with Crippen molar-refractivity contribution in [1.29, 1.82) is 0 Å². The van der Waals surface area contributed by atoms with Gasteiger partial charge in [0.05, 0.1) is 16.0 Å². The Morgan fingerprint density at radius 2 is 1.77 bits per heavy atom. The minimum Gasteiger partial charge on any atom is -0.492 e. The molecule has 0 spiro atoms. The number of thioether (sulfide) groups is 1. The standard InChI is InChI=1S/C34H31N3O4S2/c38-32-31(43-34(42)37(32)17-13-23-5-7-24(8-6-23)33(39)40)22-28-21-26(25-9-11-29-27(20-25)4-3-14-35-29)10-12-30(28)41-19-18-36-15-1-2-16-36/h3-12,14,20-22H,1-2,13,15-19H2,(H,39,40). The van der Waals surface area contributed by atoms with Gasteiger partial charge in [0.25, 0.3) is 5.91 Å². The second-order valence-corrected chi connectivity index (χ2v) is 12.3. The van der Waals surface area contributed by atoms with E-state index in [2.05, 4.69) is 40.2 Å². The SMILES string of the molecule is O=C(O)c1ccc(CCN2C(=O)C(=Cc3cc(-c4ccc5ncccc5c4)ccc3OCCN3CCCC3)SC2=S)cc1. The number of ether oxygens (including phenoxy) is 1. The highest BCUT2D eigenvalue weighted by molar-refractivity contribution is 8.26. The van der Waals surface area contributed by atoms with Crippen LogP contribution in [0.4, 0.5) is 0 Å². The van der Waals surface area contributed by atoms with Crippen LogP contribution in [0.1, 0.15) is 34.3 Å². The van der Waals surface area contributed by atoms with E-state index in [9.17, 15) is 9.59 Å². The molecule has 2 fully saturated rings. The number of thiocarbonyl (C=S) groups is 1. The van der Waals surface area contributed by atoms with Crippen LogP contribution in [0.5, 0.6) is 5.75 Å². The van der Waals surface area contributed by atoms with E-state index in [1.54, 1.807) is 35.4 Å². The van der Waals surface area contributed by atoms with Gasteiger partial charge in [-0.15, -0.1) is 0 Å². The monoisotopic (exact) mass is 609 g/mol. The Morgan fingerprint density at radius 1 is 1.00 bits per heavy atom. The lowest BCUT2D eigenvalue weighted by molar-refractivity contribution is -0.122. The fraction of sp³-hybridized carbons (Fsp3) is 0.235. The summed E-state index contributed by atoms with van der Waals surface area (Å²) < 4.78 is 6.79. The first-order valence-corrected chi connectivity index (χ1v) is 15.6. The summed E-state index contributed by atoms with van der Waals surface area (Å²) in [5.41, 5.74) is 5.02. The van der Waals surface area contributed by atoms with E-state index in [1.165, 1.54) is 24.6 Å². The number of benzene rings is 3. The van der Waals surface area contributed by atoms with Crippen molar-refractivity contribution >= 4 is 57.2 Å². The zero-order chi connectivity index (χ0) is 29.8. The van der Waals surface area contributed by atoms with Crippen molar-refractivity contribution in [2.75, 3.05) is 32.8 Å². The third-order valence-corrected chi connectivity index (χ3v) is 9.17. The summed E-state index contributed by atoms with van der Waals surface area (Å²) in [5, 5.41) is 10.2. The van der Waals surface area contributed by atoms with E-state index in [0.717, 1.165) is 58.5 Å². The largest absolute Gasteiger partial charge is 0.492 e. The predicted molar refractivity (Wildman–Crippen MR) is 175 cm³/mol. The van der Waals surface area contributed by atoms with Crippen molar-refractivity contribution in [3.63, 3.8) is 0 Å². The van der Waals surface area contributed by atoms with Gasteiger partial charge in [0.2, 0.25) is 0 Å². The maximum atomic E-state index is 13.5. The van der Waals surface area contributed by atoms with Gasteiger partial charge in [-0.1, -0.05) is 54.3 Å². The first-order chi connectivity index (χ1) is 20.9. The molecule has 4 aromatic rings. The van der Waals surface area contributed by atoms with Gasteiger partial charge in [0.15, 0.2) is 0 Å². The van der Waals surface area contributed by atoms with Crippen molar-refractivity contribution < 1.29 is 19.4 Å². The molecular weight excluding hydrogens is 579 g/mol. The Bertz CT molecular complexity index is 1710. The number of nitrogens with zero attached hydrogens (tertiary/aromatic N) is 3. The number of fused-ring (bicyclic) bond motifs is 1. The lowest BCUT2D eigenvalue weighted by Gasteiger charge is -2.17. The van der Waals surface area contributed by atoms with Gasteiger partial charge < -0.3 is 9.84 Å². The molecule has 2 aliphatic heterocycles. The quantitative estimate of drug-likeness (QED) is 0.161. The van der Waals surface area contributed by atoms with Crippen LogP contribution in [-0.4, -0.2) is 68.9 Å². The van der Waals surface area contributed by atoms with E-state index in [0.29, 0.717) is 28.8 Å². The molecule has 7 nitrogen and oxygen atoms in total. The first kappa shape index (κ1) is 29.0. The Kier molecular flexibility index (Phi) is 8.83. The molecule has 2 saturated heterocycles. The average Bonchev–Trinajstić information content (AvgIpc) is 3.64. The maximum absolute atomic E-state index is 13.5. The molecule has 9 heteroatoms. The molecule has 0 atom stereocenters. The number of hydrogen-bond donors (Lipinski definition) is 1. The Hall–Kier alpha value is -4.05. The van der Waals surface area contributed by atoms with Crippen LogP contribution < -0.4 is 4.74 Å². The summed E-state index contributed by atoms with van der Waals surface area (Å²) in [6.45, 7) is 4.08. The fourth-order valence-electron chi connectivity index (χ4n) is 5.41. The lowest BCUT2D eigenvalue weighted by atomic mass is 10.0. The highest BCUT2D eigenvalue weighted by atomic mass is 32.2. The van der Waals surface area contributed by atoms with Crippen LogP contribution in [0.3, 0.4) is 0 Å². The van der Waals surface area contributed by atoms with E-state index >= 15 is 0 Å². The molecular formula is C34H31N3O4S2. The summed E-state index contributed by atoms with van der Waals surface area (Å²) in [5.74, 6) is -0.369. The predicted octanol–water partition coefficient (Wildman–Crippen LogP) is 6.52. The van der Waals surface area contributed by atoms with Crippen molar-refractivity contribution in [2.24, 2.45) is 0 Å². The molecule has 3 heterocycles. The van der Waals surface area contributed by atoms with E-state index in [1.807, 2.05) is 24.3 Å². The smallest absolute Gasteiger partial charge is 0.335 e. The molecule has 1 aromatic heterocycles. The summed E-state index contributed by atoms with van der Waals surface area (Å²) >= 11 is 6.89. The third-order valence-electron chi connectivity index (χ3n) is 7.80. The zero-order valence-corrected chi connectivity index (χ0v) is 25.2. The van der Waals surface area contributed by atoms with Gasteiger partial charge in [0.1, 0.15) is 16.7 Å². The second-order valence-electron chi connectivity index (χ2n) is 10.6. The van der Waals surface area contributed by atoms with Gasteiger partial charge in [0, 0.05) is 30.2 Å². The number of hydrogen-bond acceptors (Lipinski definition) is 7. The highest BCUT2D eigenvalue weighted by Crippen LogP contribution is 2.36. The number of likely N-dealkylation sites (tertiary alicyclic amines) is 1. The van der Waals surface area contributed by atoms with Crippen molar-refractivity contribution in [1.82, 2.24) is 14.8 Å². The molecule has 0 aliphatic carbocycles. The van der Waals surface area contributed by atoms with Crippen LogP contribution >= 0.6 is 24.0 Å². The molecule has 1 amide bonds. The average molecular weight is 610 g/mol. The van der Waals surface area contributed by atoms with Gasteiger partial charge in [-0.3, -0.25) is 19.6 Å². The fourth-order valence-corrected chi connectivity index (χ4v) is 6.71. The molecule has 1 N–H and O–H groups in total. The Morgan fingerprint density at radius 3 is 2.56 bits per heavy atom. The number of carboxylic acids is 1. The number of carbonyl (C=O) groups is 2. The molecule has 6 rings (SSSR count). The van der Waals surface area contributed by atoms with E-state index in [-0.39, 0.29) is 11.5 Å². The van der Waals surface area contributed by atoms with Gasteiger partial charge in [-0.25, -0.2) is 4.79 Å². The van der Waals surface area contributed by atoms with E-state index < -0.39 is 5.97 Å². The van der Waals surface area contributed by atoms with Crippen molar-refractivity contribution in [2.45, 2.75) is 19.3 Å². The van der Waals surface area contributed by atoms with E-state index in [4.69, 9.17) is 22.1 Å². The zero-order valence-electron chi connectivity index (χ0n) is 23.6. The first-order valence-electron chi connectivity index (χ1n) is 14.4. The molecule has 0 unspecified atom stereocenters. The molecule has 218 valence electrons. The lowest BCUT2D eigenvalue weighted by Crippen LogP contribution is -2.30. The Balaban J connectivity index is 1.24. The van der Waals surface area contributed by atoms with Crippen molar-refractivity contribution in [3.8, 4) is 16.9 Å². The van der Waals surface area contributed by atoms with Crippen LogP contribution in [0.2, 0.25) is 0 Å². The molecule has 2 aliphatic rings.